The van der Waals surface area contributed by atoms with Crippen LogP contribution < -0.4 is 4.74 Å². The molecule has 2 rings (SSSR count). The maximum absolute atomic E-state index is 10.4. The first-order chi connectivity index (χ1) is 12.0. The number of hydrogen-bond donors (Lipinski definition) is 1. The van der Waals surface area contributed by atoms with Crippen molar-refractivity contribution in [3.63, 3.8) is 0 Å². The summed E-state index contributed by atoms with van der Waals surface area (Å²) in [5.74, 6) is 1.57. The third-order valence-electron chi connectivity index (χ3n) is 4.95. The van der Waals surface area contributed by atoms with E-state index in [2.05, 4.69) is 57.7 Å². The molecule has 0 atom stereocenters. The van der Waals surface area contributed by atoms with Gasteiger partial charge in [-0.15, -0.1) is 0 Å². The summed E-state index contributed by atoms with van der Waals surface area (Å²) in [4.78, 5) is 2.44. The number of benzene rings is 2. The number of phenols is 1. The number of ether oxygens (including phenoxy) is 1. The number of nitrogens with zero attached hydrogens (tertiary/aromatic N) is 1. The monoisotopic (exact) mass is 343 g/mol. The predicted octanol–water partition coefficient (Wildman–Crippen LogP) is 5.48. The fourth-order valence-corrected chi connectivity index (χ4v) is 3.27. The van der Waals surface area contributed by atoms with Gasteiger partial charge in [-0.05, 0) is 74.0 Å². The molecule has 25 heavy (non-hydrogen) atoms. The van der Waals surface area contributed by atoms with Crippen LogP contribution in [0.5, 0.6) is 11.5 Å². The summed E-state index contributed by atoms with van der Waals surface area (Å²) in [5, 5.41) is 12.5. The molecule has 0 bridgehead atoms. The number of phenolic OH excluding ortho intramolecular Hbond substituents is 1. The van der Waals surface area contributed by atoms with E-state index in [0.717, 1.165) is 60.1 Å². The van der Waals surface area contributed by atoms with Gasteiger partial charge in [-0.25, -0.2) is 0 Å². The summed E-state index contributed by atoms with van der Waals surface area (Å²) in [6.07, 6.45) is 2.19. The Morgan fingerprint density at radius 3 is 2.44 bits per heavy atom. The zero-order valence-corrected chi connectivity index (χ0v) is 16.4. The topological polar surface area (TPSA) is 32.7 Å². The van der Waals surface area contributed by atoms with Gasteiger partial charge in [0.05, 0.1) is 6.61 Å². The van der Waals surface area contributed by atoms with Crippen molar-refractivity contribution < 1.29 is 9.84 Å². The number of aryl methyl sites for hydroxylation is 1. The van der Waals surface area contributed by atoms with Gasteiger partial charge in [-0.3, -0.25) is 0 Å². The van der Waals surface area contributed by atoms with Crippen LogP contribution in [0.15, 0.2) is 24.3 Å². The van der Waals surface area contributed by atoms with E-state index in [-0.39, 0.29) is 0 Å². The maximum atomic E-state index is 10.4. The van der Waals surface area contributed by atoms with Gasteiger partial charge >= 0.3 is 0 Å². The quantitative estimate of drug-likeness (QED) is 0.612. The van der Waals surface area contributed by atoms with Gasteiger partial charge in [0.2, 0.25) is 0 Å². The fourth-order valence-electron chi connectivity index (χ4n) is 3.27. The van der Waals surface area contributed by atoms with Crippen LogP contribution in [-0.4, -0.2) is 36.2 Å². The Morgan fingerprint density at radius 1 is 1.08 bits per heavy atom. The minimum atomic E-state index is 0.301. The summed E-state index contributed by atoms with van der Waals surface area (Å²) in [5.41, 5.74) is 2.11. The van der Waals surface area contributed by atoms with Gasteiger partial charge in [-0.1, -0.05) is 39.8 Å². The highest BCUT2D eigenvalue weighted by Crippen LogP contribution is 2.36. The molecule has 0 radical (unpaired) electrons. The molecule has 2 aromatic rings. The predicted molar refractivity (Wildman–Crippen MR) is 107 cm³/mol. The first kappa shape index (κ1) is 19.6. The van der Waals surface area contributed by atoms with E-state index in [1.165, 1.54) is 0 Å². The van der Waals surface area contributed by atoms with Crippen LogP contribution in [-0.2, 0) is 0 Å². The van der Waals surface area contributed by atoms with Crippen LogP contribution in [0.2, 0.25) is 0 Å². The SMILES string of the molecule is CCN(CC)CCCCOc1c(C)ccc2cc(C(C)C)c(O)cc12. The Morgan fingerprint density at radius 2 is 1.80 bits per heavy atom. The van der Waals surface area contributed by atoms with Crippen LogP contribution in [0, 0.1) is 6.92 Å². The maximum Gasteiger partial charge on any atom is 0.130 e. The highest BCUT2D eigenvalue weighted by Gasteiger charge is 2.12. The van der Waals surface area contributed by atoms with Crippen molar-refractivity contribution in [2.24, 2.45) is 0 Å². The van der Waals surface area contributed by atoms with Crippen molar-refractivity contribution in [1.82, 2.24) is 4.90 Å². The Balaban J connectivity index is 2.09. The van der Waals surface area contributed by atoms with Crippen LogP contribution in [0.1, 0.15) is 57.6 Å². The van der Waals surface area contributed by atoms with Crippen molar-refractivity contribution in [1.29, 1.82) is 0 Å². The largest absolute Gasteiger partial charge is 0.508 e. The van der Waals surface area contributed by atoms with Crippen LogP contribution in [0.25, 0.3) is 10.8 Å². The van der Waals surface area contributed by atoms with E-state index in [4.69, 9.17) is 4.74 Å². The van der Waals surface area contributed by atoms with Crippen molar-refractivity contribution in [3.05, 3.63) is 35.4 Å². The van der Waals surface area contributed by atoms with Gasteiger partial charge < -0.3 is 14.7 Å². The minimum absolute atomic E-state index is 0.301. The van der Waals surface area contributed by atoms with Crippen molar-refractivity contribution in [2.45, 2.75) is 53.4 Å². The van der Waals surface area contributed by atoms with E-state index >= 15 is 0 Å². The third-order valence-corrected chi connectivity index (χ3v) is 4.95. The summed E-state index contributed by atoms with van der Waals surface area (Å²) < 4.78 is 6.12. The Labute approximate surface area is 152 Å². The molecule has 1 N–H and O–H groups in total. The highest BCUT2D eigenvalue weighted by molar-refractivity contribution is 5.91. The van der Waals surface area contributed by atoms with Crippen molar-refractivity contribution >= 4 is 10.8 Å². The van der Waals surface area contributed by atoms with Gasteiger partial charge in [0.1, 0.15) is 11.5 Å². The van der Waals surface area contributed by atoms with Crippen molar-refractivity contribution in [2.75, 3.05) is 26.2 Å². The lowest BCUT2D eigenvalue weighted by Gasteiger charge is -2.18. The number of aromatic hydroxyl groups is 1. The van der Waals surface area contributed by atoms with E-state index < -0.39 is 0 Å². The molecule has 0 saturated carbocycles. The molecule has 0 heterocycles. The van der Waals surface area contributed by atoms with Crippen LogP contribution in [0.3, 0.4) is 0 Å². The molecule has 0 spiro atoms. The second kappa shape index (κ2) is 9.10. The molecule has 2 aromatic carbocycles. The molecule has 0 amide bonds. The van der Waals surface area contributed by atoms with E-state index in [9.17, 15) is 5.11 Å². The van der Waals surface area contributed by atoms with Gasteiger partial charge in [0.15, 0.2) is 0 Å². The molecule has 0 aromatic heterocycles. The molecule has 138 valence electrons. The average Bonchev–Trinajstić information content (AvgIpc) is 2.59. The molecule has 0 aliphatic heterocycles. The number of rotatable bonds is 9. The lowest BCUT2D eigenvalue weighted by molar-refractivity contribution is 0.267. The summed E-state index contributed by atoms with van der Waals surface area (Å²) in [6, 6.07) is 8.17. The zero-order chi connectivity index (χ0) is 18.4. The van der Waals surface area contributed by atoms with Crippen LogP contribution in [0.4, 0.5) is 0 Å². The third kappa shape index (κ3) is 4.88. The lowest BCUT2D eigenvalue weighted by Crippen LogP contribution is -2.24. The number of hydrogen-bond acceptors (Lipinski definition) is 3. The highest BCUT2D eigenvalue weighted by atomic mass is 16.5. The molecule has 0 unspecified atom stereocenters. The van der Waals surface area contributed by atoms with E-state index in [1.807, 2.05) is 6.07 Å². The molecular weight excluding hydrogens is 310 g/mol. The summed E-state index contributed by atoms with van der Waals surface area (Å²) in [6.45, 7) is 14.7. The second-order valence-electron chi connectivity index (χ2n) is 7.08. The van der Waals surface area contributed by atoms with Gasteiger partial charge in [0, 0.05) is 5.39 Å². The summed E-state index contributed by atoms with van der Waals surface area (Å²) >= 11 is 0. The average molecular weight is 344 g/mol. The Bertz CT molecular complexity index is 690. The number of fused-ring (bicyclic) bond motifs is 1. The van der Waals surface area contributed by atoms with Crippen molar-refractivity contribution in [3.8, 4) is 11.5 Å². The molecule has 0 aliphatic rings. The van der Waals surface area contributed by atoms with Gasteiger partial charge in [0.25, 0.3) is 0 Å². The smallest absolute Gasteiger partial charge is 0.130 e. The summed E-state index contributed by atoms with van der Waals surface area (Å²) in [7, 11) is 0. The number of unbranched alkanes of at least 4 members (excludes halogenated alkanes) is 1. The zero-order valence-electron chi connectivity index (χ0n) is 16.4. The lowest BCUT2D eigenvalue weighted by atomic mass is 9.96. The Kier molecular flexibility index (Phi) is 7.12. The molecular formula is C22H33NO2. The first-order valence-corrected chi connectivity index (χ1v) is 9.59. The molecule has 3 nitrogen and oxygen atoms in total. The normalized spacial score (nSPS) is 11.6. The molecule has 3 heteroatoms. The van der Waals surface area contributed by atoms with E-state index in [1.54, 1.807) is 0 Å². The fraction of sp³-hybridized carbons (Fsp3) is 0.545. The second-order valence-corrected chi connectivity index (χ2v) is 7.08. The minimum Gasteiger partial charge on any atom is -0.508 e. The van der Waals surface area contributed by atoms with Gasteiger partial charge in [-0.2, -0.15) is 0 Å². The Hall–Kier alpha value is -1.74. The van der Waals surface area contributed by atoms with E-state index in [0.29, 0.717) is 18.3 Å². The standard InChI is InChI=1S/C22H33NO2/c1-6-23(7-2)12-8-9-13-25-22-17(5)10-11-18-14-19(16(3)4)21(24)15-20(18)22/h10-11,14-16,24H,6-9,12-13H2,1-5H3. The first-order valence-electron chi connectivity index (χ1n) is 9.59. The van der Waals surface area contributed by atoms with Crippen LogP contribution >= 0.6 is 0 Å². The molecule has 0 fully saturated rings. The molecule has 0 aliphatic carbocycles. The molecule has 0 saturated heterocycles.